The molecule has 5 heteroatoms. The quantitative estimate of drug-likeness (QED) is 0.142. The summed E-state index contributed by atoms with van der Waals surface area (Å²) in [6, 6.07) is 125. The zero-order valence-corrected chi connectivity index (χ0v) is 52.0. The molecule has 0 radical (unpaired) electrons. The zero-order valence-electron chi connectivity index (χ0n) is 52.0. The standard InChI is InChI=1S/C91H55N5/c92-56-78-88-86(71-36-21-35-70-69-34-19-20-37-79(69)96(88)87(70)71)90(94-82-46-40-65(59-26-11-3-12-27-59)52-74(82)75-53-66(41-47-83(75)94)60-28-13-4-14-29-60)91(95-84-48-42-67(61-30-15-5-16-31-61)54-76(84)77-55-68(43-49-85(77)95)62-32-17-6-18-33-62)89(78)93-80-44-38-63(57-22-7-1-8-23-57)50-72(80)73-51-64(39-45-81(73)93)58-24-9-2-10-25-58/h1-55H. The Morgan fingerprint density at radius 2 is 0.479 bits per heavy atom. The van der Waals surface area contributed by atoms with Gasteiger partial charge in [-0.2, -0.15) is 5.26 Å². The minimum Gasteiger partial charge on any atom is -0.306 e. The molecule has 20 rings (SSSR count). The number of rotatable bonds is 9. The van der Waals surface area contributed by atoms with E-state index in [2.05, 4.69) is 358 Å². The predicted octanol–water partition coefficient (Wildman–Crippen LogP) is 24.0. The number of para-hydroxylation sites is 2. The largest absolute Gasteiger partial charge is 0.306 e. The summed E-state index contributed by atoms with van der Waals surface area (Å²) >= 11 is 0. The molecule has 0 N–H and O–H groups in total. The summed E-state index contributed by atoms with van der Waals surface area (Å²) in [5.74, 6) is 0. The van der Waals surface area contributed by atoms with E-state index in [-0.39, 0.29) is 0 Å². The number of hydrogen-bond acceptors (Lipinski definition) is 1. The van der Waals surface area contributed by atoms with Crippen LogP contribution >= 0.6 is 0 Å². The second-order valence-corrected chi connectivity index (χ2v) is 25.4. The van der Waals surface area contributed by atoms with Crippen molar-refractivity contribution < 1.29 is 0 Å². The molecular formula is C91H55N5. The van der Waals surface area contributed by atoms with Crippen molar-refractivity contribution in [2.75, 3.05) is 0 Å². The molecule has 0 atom stereocenters. The number of nitrogens with zero attached hydrogens (tertiary/aromatic N) is 5. The van der Waals surface area contributed by atoms with Crippen LogP contribution in [0.15, 0.2) is 334 Å². The molecule has 15 aromatic carbocycles. The highest BCUT2D eigenvalue weighted by Gasteiger charge is 2.35. The fourth-order valence-corrected chi connectivity index (χ4v) is 16.0. The van der Waals surface area contributed by atoms with Gasteiger partial charge in [0, 0.05) is 53.9 Å². The SMILES string of the molecule is N#Cc1c(-n2c3ccc(-c4ccccc4)cc3c3cc(-c4ccccc4)ccc32)c(-n2c3ccc(-c4ccccc4)cc3c3cc(-c4ccccc4)ccc32)c(-n2c3ccc(-c4ccccc4)cc3c3cc(-c4ccccc4)ccc32)c2c3cccc4c5ccccc5n(c12)c43. The zero-order chi connectivity index (χ0) is 63.1. The minimum atomic E-state index is 0.566. The molecule has 0 aliphatic heterocycles. The maximum absolute atomic E-state index is 13.1. The third kappa shape index (κ3) is 7.91. The van der Waals surface area contributed by atoms with E-state index < -0.39 is 0 Å². The molecule has 96 heavy (non-hydrogen) atoms. The smallest absolute Gasteiger partial charge is 0.104 e. The number of aromatic nitrogens is 4. The summed E-state index contributed by atoms with van der Waals surface area (Å²) in [6.07, 6.45) is 0. The highest BCUT2D eigenvalue weighted by atomic mass is 15.1. The molecule has 0 unspecified atom stereocenters. The summed E-state index contributed by atoms with van der Waals surface area (Å²) in [5, 5.41) is 24.0. The fourth-order valence-electron chi connectivity index (χ4n) is 16.0. The molecule has 444 valence electrons. The average molecular weight is 1220 g/mol. The summed E-state index contributed by atoms with van der Waals surface area (Å²) in [4.78, 5) is 0. The molecule has 0 saturated carbocycles. The molecule has 0 bridgehead atoms. The van der Waals surface area contributed by atoms with E-state index >= 15 is 0 Å². The Morgan fingerprint density at radius 3 is 0.812 bits per heavy atom. The molecule has 0 aliphatic carbocycles. The molecule has 5 aromatic heterocycles. The lowest BCUT2D eigenvalue weighted by atomic mass is 9.99. The molecule has 0 saturated heterocycles. The van der Waals surface area contributed by atoms with Gasteiger partial charge in [0.2, 0.25) is 0 Å². The number of hydrogen-bond donors (Lipinski definition) is 0. The number of benzene rings is 15. The summed E-state index contributed by atoms with van der Waals surface area (Å²) in [5.41, 5.74) is 25.8. The van der Waals surface area contributed by atoms with Crippen molar-refractivity contribution in [1.29, 1.82) is 5.26 Å². The lowest BCUT2D eigenvalue weighted by Crippen LogP contribution is -2.12. The van der Waals surface area contributed by atoms with Gasteiger partial charge < -0.3 is 18.1 Å². The monoisotopic (exact) mass is 1220 g/mol. The third-order valence-corrected chi connectivity index (χ3v) is 20.3. The molecular weight excluding hydrogens is 1160 g/mol. The van der Waals surface area contributed by atoms with Crippen LogP contribution in [0, 0.1) is 11.3 Å². The first kappa shape index (κ1) is 53.6. The van der Waals surface area contributed by atoms with E-state index in [1.807, 2.05) is 0 Å². The van der Waals surface area contributed by atoms with Crippen LogP contribution in [0.25, 0.3) is 187 Å². The Labute approximate surface area is 552 Å². The van der Waals surface area contributed by atoms with Crippen molar-refractivity contribution in [3.05, 3.63) is 339 Å². The van der Waals surface area contributed by atoms with Gasteiger partial charge in [-0.15, -0.1) is 0 Å². The molecule has 0 aliphatic rings. The maximum Gasteiger partial charge on any atom is 0.104 e. The number of fused-ring (bicyclic) bond motifs is 15. The topological polar surface area (TPSA) is 43.0 Å². The van der Waals surface area contributed by atoms with Crippen molar-refractivity contribution in [3.63, 3.8) is 0 Å². The Balaban J connectivity index is 1.05. The first-order chi connectivity index (χ1) is 47.6. The molecule has 5 heterocycles. The van der Waals surface area contributed by atoms with Crippen LogP contribution in [-0.2, 0) is 0 Å². The molecule has 5 nitrogen and oxygen atoms in total. The fraction of sp³-hybridized carbons (Fsp3) is 0. The summed E-state index contributed by atoms with van der Waals surface area (Å²) in [6.45, 7) is 0. The van der Waals surface area contributed by atoms with Gasteiger partial charge >= 0.3 is 0 Å². The van der Waals surface area contributed by atoms with Crippen molar-refractivity contribution in [2.24, 2.45) is 0 Å². The van der Waals surface area contributed by atoms with Crippen molar-refractivity contribution in [2.45, 2.75) is 0 Å². The minimum absolute atomic E-state index is 0.566. The van der Waals surface area contributed by atoms with Crippen molar-refractivity contribution in [1.82, 2.24) is 18.1 Å². The van der Waals surface area contributed by atoms with Gasteiger partial charge in [-0.25, -0.2) is 0 Å². The Kier molecular flexibility index (Phi) is 11.7. The third-order valence-electron chi connectivity index (χ3n) is 20.3. The average Bonchev–Trinajstić information content (AvgIpc) is 1.50. The van der Waals surface area contributed by atoms with Crippen molar-refractivity contribution >= 4 is 104 Å². The molecule has 0 spiro atoms. The van der Waals surface area contributed by atoms with E-state index in [9.17, 15) is 5.26 Å². The van der Waals surface area contributed by atoms with Gasteiger partial charge in [-0.05, 0) is 146 Å². The van der Waals surface area contributed by atoms with Crippen molar-refractivity contribution in [3.8, 4) is 89.9 Å². The van der Waals surface area contributed by atoms with Crippen LogP contribution in [-0.4, -0.2) is 18.1 Å². The van der Waals surface area contributed by atoms with Gasteiger partial charge in [-0.1, -0.05) is 255 Å². The van der Waals surface area contributed by atoms with Gasteiger partial charge in [0.25, 0.3) is 0 Å². The van der Waals surface area contributed by atoms with Crippen LogP contribution in [0.5, 0.6) is 0 Å². The molecule has 0 amide bonds. The second-order valence-electron chi connectivity index (χ2n) is 25.4. The van der Waals surface area contributed by atoms with E-state index in [1.165, 1.54) is 0 Å². The van der Waals surface area contributed by atoms with Gasteiger partial charge in [0.05, 0.1) is 66.7 Å². The van der Waals surface area contributed by atoms with E-state index in [0.717, 1.165) is 187 Å². The van der Waals surface area contributed by atoms with Crippen LogP contribution in [0.1, 0.15) is 5.56 Å². The first-order valence-corrected chi connectivity index (χ1v) is 32.9. The van der Waals surface area contributed by atoms with E-state index in [4.69, 9.17) is 0 Å². The number of nitriles is 1. The summed E-state index contributed by atoms with van der Waals surface area (Å²) in [7, 11) is 0. The lowest BCUT2D eigenvalue weighted by Gasteiger charge is -2.25. The first-order valence-electron chi connectivity index (χ1n) is 32.9. The van der Waals surface area contributed by atoms with Crippen LogP contribution in [0.2, 0.25) is 0 Å². The Hall–Kier alpha value is -13.0. The Bertz CT molecular complexity index is 6300. The summed E-state index contributed by atoms with van der Waals surface area (Å²) < 4.78 is 10.00. The molecule has 0 fully saturated rings. The van der Waals surface area contributed by atoms with E-state index in [0.29, 0.717) is 5.56 Å². The molecule has 20 aromatic rings. The maximum atomic E-state index is 13.1. The van der Waals surface area contributed by atoms with Gasteiger partial charge in [0.15, 0.2) is 0 Å². The van der Waals surface area contributed by atoms with Gasteiger partial charge in [-0.3, -0.25) is 0 Å². The van der Waals surface area contributed by atoms with Crippen LogP contribution in [0.3, 0.4) is 0 Å². The van der Waals surface area contributed by atoms with Crippen LogP contribution in [0.4, 0.5) is 0 Å². The van der Waals surface area contributed by atoms with Gasteiger partial charge in [0.1, 0.15) is 11.6 Å². The highest BCUT2D eigenvalue weighted by molar-refractivity contribution is 6.29. The normalized spacial score (nSPS) is 11.9. The second kappa shape index (κ2) is 21.0. The highest BCUT2D eigenvalue weighted by Crippen LogP contribution is 2.53. The Morgan fingerprint density at radius 1 is 0.198 bits per heavy atom. The lowest BCUT2D eigenvalue weighted by molar-refractivity contribution is 1.06. The van der Waals surface area contributed by atoms with Crippen LogP contribution < -0.4 is 0 Å². The van der Waals surface area contributed by atoms with E-state index in [1.54, 1.807) is 0 Å². The predicted molar refractivity (Wildman–Crippen MR) is 401 cm³/mol.